The molecule has 30 heavy (non-hydrogen) atoms. The molecule has 8 heteroatoms. The lowest BCUT2D eigenvalue weighted by Crippen LogP contribution is -2.52. The lowest BCUT2D eigenvalue weighted by Gasteiger charge is -2.36. The van der Waals surface area contributed by atoms with E-state index in [9.17, 15) is 22.8 Å². The zero-order valence-corrected chi connectivity index (χ0v) is 16.6. The lowest BCUT2D eigenvalue weighted by molar-refractivity contribution is -0.136. The van der Waals surface area contributed by atoms with E-state index in [4.69, 9.17) is 0 Å². The van der Waals surface area contributed by atoms with Crippen molar-refractivity contribution in [1.82, 2.24) is 9.80 Å². The van der Waals surface area contributed by atoms with Gasteiger partial charge in [-0.3, -0.25) is 9.59 Å². The molecule has 0 saturated carbocycles. The van der Waals surface area contributed by atoms with Crippen LogP contribution in [0.5, 0.6) is 5.75 Å². The van der Waals surface area contributed by atoms with E-state index in [-0.39, 0.29) is 29.0 Å². The van der Waals surface area contributed by atoms with E-state index in [1.54, 1.807) is 30.0 Å². The molecule has 3 rings (SSSR count). The van der Waals surface area contributed by atoms with Crippen LogP contribution < -0.4 is 4.74 Å². The van der Waals surface area contributed by atoms with E-state index in [2.05, 4.69) is 4.74 Å². The highest BCUT2D eigenvalue weighted by molar-refractivity contribution is 5.97. The Labute approximate surface area is 173 Å². The molecule has 1 saturated heterocycles. The molecular formula is C22H23F3N2O3. The Morgan fingerprint density at radius 1 is 1.00 bits per heavy atom. The van der Waals surface area contributed by atoms with Crippen LogP contribution in [0.3, 0.4) is 0 Å². The second-order valence-corrected chi connectivity index (χ2v) is 7.23. The number of hydrogen-bond donors (Lipinski definition) is 0. The molecule has 0 radical (unpaired) electrons. The van der Waals surface area contributed by atoms with Crippen LogP contribution >= 0.6 is 0 Å². The van der Waals surface area contributed by atoms with Crippen LogP contribution in [0, 0.1) is 11.7 Å². The number of rotatable bonds is 6. The Hall–Kier alpha value is -3.03. The number of benzene rings is 2. The first-order chi connectivity index (χ1) is 14.3. The van der Waals surface area contributed by atoms with Crippen LogP contribution in [0.2, 0.25) is 0 Å². The van der Waals surface area contributed by atoms with Crippen LogP contribution in [0.1, 0.15) is 22.8 Å². The number of halogens is 3. The van der Waals surface area contributed by atoms with Gasteiger partial charge in [0.15, 0.2) is 0 Å². The van der Waals surface area contributed by atoms with E-state index in [0.717, 1.165) is 5.56 Å². The molecule has 0 bridgehead atoms. The van der Waals surface area contributed by atoms with E-state index in [1.165, 1.54) is 35.2 Å². The zero-order chi connectivity index (χ0) is 21.7. The maximum absolute atomic E-state index is 13.3. The van der Waals surface area contributed by atoms with Gasteiger partial charge in [-0.05, 0) is 36.2 Å². The maximum atomic E-state index is 13.3. The van der Waals surface area contributed by atoms with Crippen LogP contribution in [0.15, 0.2) is 48.5 Å². The standard InChI is InChI=1S/C22H23F3N2O3/c1-15(13-16-5-4-6-17(23)14-16)20(28)26-9-11-27(12-10-26)21(29)18-7-2-3-8-19(18)30-22(24)25/h2-8,14-15,22H,9-13H2,1H3. The smallest absolute Gasteiger partial charge is 0.387 e. The Morgan fingerprint density at radius 3 is 2.33 bits per heavy atom. The molecule has 0 aromatic heterocycles. The minimum atomic E-state index is -3.02. The second-order valence-electron chi connectivity index (χ2n) is 7.23. The first-order valence-corrected chi connectivity index (χ1v) is 9.71. The van der Waals surface area contributed by atoms with Gasteiger partial charge in [-0.2, -0.15) is 8.78 Å². The summed E-state index contributed by atoms with van der Waals surface area (Å²) in [4.78, 5) is 28.7. The third-order valence-corrected chi connectivity index (χ3v) is 5.06. The van der Waals surface area contributed by atoms with E-state index in [0.29, 0.717) is 32.6 Å². The van der Waals surface area contributed by atoms with Gasteiger partial charge in [-0.15, -0.1) is 0 Å². The van der Waals surface area contributed by atoms with E-state index >= 15 is 0 Å². The SMILES string of the molecule is CC(Cc1cccc(F)c1)C(=O)N1CCN(C(=O)c2ccccc2OC(F)F)CC1. The highest BCUT2D eigenvalue weighted by Gasteiger charge is 2.28. The molecule has 1 aliphatic rings. The van der Waals surface area contributed by atoms with Gasteiger partial charge in [-0.25, -0.2) is 4.39 Å². The molecule has 1 fully saturated rings. The summed E-state index contributed by atoms with van der Waals surface area (Å²) in [7, 11) is 0. The summed E-state index contributed by atoms with van der Waals surface area (Å²) in [5.74, 6) is -1.30. The number of amides is 2. The number of alkyl halides is 2. The van der Waals surface area contributed by atoms with Gasteiger partial charge in [0.1, 0.15) is 11.6 Å². The summed E-state index contributed by atoms with van der Waals surface area (Å²) >= 11 is 0. The fraction of sp³-hybridized carbons (Fsp3) is 0.364. The monoisotopic (exact) mass is 420 g/mol. The molecule has 160 valence electrons. The third-order valence-electron chi connectivity index (χ3n) is 5.06. The maximum Gasteiger partial charge on any atom is 0.387 e. The van der Waals surface area contributed by atoms with Gasteiger partial charge < -0.3 is 14.5 Å². The molecule has 2 aromatic carbocycles. The molecule has 1 unspecified atom stereocenters. The predicted octanol–water partition coefficient (Wildman–Crippen LogP) is 3.59. The molecule has 0 N–H and O–H groups in total. The summed E-state index contributed by atoms with van der Waals surface area (Å²) in [5, 5.41) is 0. The van der Waals surface area contributed by atoms with Crippen molar-refractivity contribution in [2.75, 3.05) is 26.2 Å². The number of piperazine rings is 1. The fourth-order valence-electron chi connectivity index (χ4n) is 3.56. The molecule has 5 nitrogen and oxygen atoms in total. The summed E-state index contributed by atoms with van der Waals surface area (Å²) in [6, 6.07) is 12.0. The first-order valence-electron chi connectivity index (χ1n) is 9.71. The minimum absolute atomic E-state index is 0.0622. The largest absolute Gasteiger partial charge is 0.434 e. The van der Waals surface area contributed by atoms with Crippen LogP contribution in [-0.4, -0.2) is 54.4 Å². The van der Waals surface area contributed by atoms with Crippen molar-refractivity contribution in [3.63, 3.8) is 0 Å². The highest BCUT2D eigenvalue weighted by Crippen LogP contribution is 2.23. The van der Waals surface area contributed by atoms with Crippen molar-refractivity contribution in [2.45, 2.75) is 20.0 Å². The summed E-state index contributed by atoms with van der Waals surface area (Å²) in [6.07, 6.45) is 0.425. The molecular weight excluding hydrogens is 397 g/mol. The van der Waals surface area contributed by atoms with Crippen molar-refractivity contribution >= 4 is 11.8 Å². The summed E-state index contributed by atoms with van der Waals surface area (Å²) in [5.41, 5.74) is 0.817. The molecule has 1 aliphatic heterocycles. The van der Waals surface area contributed by atoms with Crippen molar-refractivity contribution in [3.05, 3.63) is 65.5 Å². The Kier molecular flexibility index (Phi) is 6.97. The average Bonchev–Trinajstić information content (AvgIpc) is 2.73. The minimum Gasteiger partial charge on any atom is -0.434 e. The van der Waals surface area contributed by atoms with Crippen molar-refractivity contribution in [3.8, 4) is 5.75 Å². The molecule has 1 atom stereocenters. The van der Waals surface area contributed by atoms with Crippen LogP contribution in [0.25, 0.3) is 0 Å². The second kappa shape index (κ2) is 9.65. The Bertz CT molecular complexity index is 899. The van der Waals surface area contributed by atoms with E-state index in [1.807, 2.05) is 0 Å². The highest BCUT2D eigenvalue weighted by atomic mass is 19.3. The Morgan fingerprint density at radius 2 is 1.67 bits per heavy atom. The van der Waals surface area contributed by atoms with Gasteiger partial charge in [-0.1, -0.05) is 31.2 Å². The number of nitrogens with zero attached hydrogens (tertiary/aromatic N) is 2. The normalized spacial score (nSPS) is 15.2. The van der Waals surface area contributed by atoms with Crippen molar-refractivity contribution in [2.24, 2.45) is 5.92 Å². The van der Waals surface area contributed by atoms with Crippen molar-refractivity contribution in [1.29, 1.82) is 0 Å². The number of hydrogen-bond acceptors (Lipinski definition) is 3. The van der Waals surface area contributed by atoms with Gasteiger partial charge in [0, 0.05) is 32.1 Å². The molecule has 2 aromatic rings. The topological polar surface area (TPSA) is 49.9 Å². The lowest BCUT2D eigenvalue weighted by atomic mass is 9.99. The molecule has 0 spiro atoms. The summed E-state index contributed by atoms with van der Waals surface area (Å²) in [6.45, 7) is 0.0442. The van der Waals surface area contributed by atoms with Gasteiger partial charge in [0.2, 0.25) is 5.91 Å². The van der Waals surface area contributed by atoms with Gasteiger partial charge >= 0.3 is 6.61 Å². The predicted molar refractivity (Wildman–Crippen MR) is 105 cm³/mol. The summed E-state index contributed by atoms with van der Waals surface area (Å²) < 4.78 is 43.0. The van der Waals surface area contributed by atoms with Crippen LogP contribution in [-0.2, 0) is 11.2 Å². The fourth-order valence-corrected chi connectivity index (χ4v) is 3.56. The van der Waals surface area contributed by atoms with Crippen molar-refractivity contribution < 1.29 is 27.5 Å². The zero-order valence-electron chi connectivity index (χ0n) is 16.6. The molecule has 0 aliphatic carbocycles. The van der Waals surface area contributed by atoms with Gasteiger partial charge in [0.05, 0.1) is 5.56 Å². The number of ether oxygens (including phenoxy) is 1. The quantitative estimate of drug-likeness (QED) is 0.718. The molecule has 2 amide bonds. The van der Waals surface area contributed by atoms with E-state index < -0.39 is 12.5 Å². The Balaban J connectivity index is 1.58. The molecule has 1 heterocycles. The van der Waals surface area contributed by atoms with Crippen LogP contribution in [0.4, 0.5) is 13.2 Å². The average molecular weight is 420 g/mol. The number of carbonyl (C=O) groups excluding carboxylic acids is 2. The first kappa shape index (κ1) is 21.7. The number of para-hydroxylation sites is 1. The van der Waals surface area contributed by atoms with Gasteiger partial charge in [0.25, 0.3) is 5.91 Å². The third kappa shape index (κ3) is 5.31. The number of carbonyl (C=O) groups is 2.